The molecule has 0 atom stereocenters. The maximum atomic E-state index is 12.0. The Morgan fingerprint density at radius 2 is 1.92 bits per heavy atom. The van der Waals surface area contributed by atoms with Gasteiger partial charge in [0.2, 0.25) is 0 Å². The molecule has 0 unspecified atom stereocenters. The zero-order chi connectivity index (χ0) is 18.5. The molecule has 2 aromatic carbocycles. The Bertz CT molecular complexity index is 987. The zero-order valence-electron chi connectivity index (χ0n) is 14.8. The first-order chi connectivity index (χ1) is 12.6. The van der Waals surface area contributed by atoms with Gasteiger partial charge in [0.15, 0.2) is 6.61 Å². The van der Waals surface area contributed by atoms with Gasteiger partial charge >= 0.3 is 11.6 Å². The fraction of sp³-hybridized carbons (Fsp3) is 0.238. The lowest BCUT2D eigenvalue weighted by Crippen LogP contribution is -2.15. The van der Waals surface area contributed by atoms with Crippen molar-refractivity contribution in [3.05, 3.63) is 75.6 Å². The number of para-hydroxylation sites is 1. The van der Waals surface area contributed by atoms with Crippen molar-refractivity contribution in [3.63, 3.8) is 0 Å². The molecular weight excluding hydrogens is 332 g/mol. The number of aryl methyl sites for hydroxylation is 2. The number of ether oxygens (including phenoxy) is 2. The Hall–Kier alpha value is -3.08. The van der Waals surface area contributed by atoms with Crippen molar-refractivity contribution in [2.45, 2.75) is 26.9 Å². The van der Waals surface area contributed by atoms with Crippen molar-refractivity contribution in [3.8, 4) is 5.75 Å². The summed E-state index contributed by atoms with van der Waals surface area (Å²) < 4.78 is 16.0. The lowest BCUT2D eigenvalue weighted by molar-refractivity contribution is -0.147. The van der Waals surface area contributed by atoms with Crippen molar-refractivity contribution in [2.75, 3.05) is 6.61 Å². The smallest absolute Gasteiger partial charge is 0.344 e. The number of benzene rings is 2. The molecule has 3 aromatic rings. The molecule has 0 bridgehead atoms. The third kappa shape index (κ3) is 4.11. The standard InChI is InChI=1S/C21H20O5/c1-3-15-8-9-17-16(11-20(22)26-19(17)10-15)12-25-21(23)13-24-18-7-5-4-6-14(18)2/h4-11H,3,12-13H2,1-2H3. The van der Waals surface area contributed by atoms with Gasteiger partial charge in [0, 0.05) is 17.0 Å². The molecule has 5 nitrogen and oxygen atoms in total. The molecule has 0 aliphatic rings. The molecule has 134 valence electrons. The monoisotopic (exact) mass is 352 g/mol. The summed E-state index contributed by atoms with van der Waals surface area (Å²) in [7, 11) is 0. The van der Waals surface area contributed by atoms with E-state index in [1.807, 2.05) is 50.2 Å². The Kier molecular flexibility index (Phi) is 5.37. The third-order valence-electron chi connectivity index (χ3n) is 4.13. The molecule has 0 spiro atoms. The summed E-state index contributed by atoms with van der Waals surface area (Å²) >= 11 is 0. The Morgan fingerprint density at radius 3 is 2.69 bits per heavy atom. The highest BCUT2D eigenvalue weighted by Crippen LogP contribution is 2.20. The second-order valence-electron chi connectivity index (χ2n) is 5.99. The maximum absolute atomic E-state index is 12.0. The van der Waals surface area contributed by atoms with Crippen LogP contribution in [0.1, 0.15) is 23.6 Å². The van der Waals surface area contributed by atoms with Crippen LogP contribution in [0, 0.1) is 6.92 Å². The molecular formula is C21H20O5. The minimum atomic E-state index is -0.500. The van der Waals surface area contributed by atoms with Crippen molar-refractivity contribution in [1.82, 2.24) is 0 Å². The molecule has 1 aromatic heterocycles. The molecule has 0 N–H and O–H groups in total. The number of esters is 1. The summed E-state index contributed by atoms with van der Waals surface area (Å²) in [6, 6.07) is 14.5. The highest BCUT2D eigenvalue weighted by molar-refractivity contribution is 5.81. The van der Waals surface area contributed by atoms with Crippen LogP contribution in [-0.4, -0.2) is 12.6 Å². The van der Waals surface area contributed by atoms with Crippen molar-refractivity contribution < 1.29 is 18.7 Å². The van der Waals surface area contributed by atoms with E-state index in [1.165, 1.54) is 6.07 Å². The van der Waals surface area contributed by atoms with Crippen LogP contribution in [0.25, 0.3) is 11.0 Å². The number of hydrogen-bond donors (Lipinski definition) is 0. The van der Waals surface area contributed by atoms with Crippen molar-refractivity contribution in [1.29, 1.82) is 0 Å². The molecule has 3 rings (SSSR count). The fourth-order valence-corrected chi connectivity index (χ4v) is 2.67. The lowest BCUT2D eigenvalue weighted by atomic mass is 10.1. The van der Waals surface area contributed by atoms with Crippen LogP contribution in [0.3, 0.4) is 0 Å². The van der Waals surface area contributed by atoms with E-state index in [9.17, 15) is 9.59 Å². The fourth-order valence-electron chi connectivity index (χ4n) is 2.67. The zero-order valence-corrected chi connectivity index (χ0v) is 14.8. The maximum Gasteiger partial charge on any atom is 0.344 e. The van der Waals surface area contributed by atoms with E-state index >= 15 is 0 Å². The average molecular weight is 352 g/mol. The molecule has 0 aliphatic heterocycles. The van der Waals surface area contributed by atoms with E-state index in [0.717, 1.165) is 22.9 Å². The number of carbonyl (C=O) groups is 1. The van der Waals surface area contributed by atoms with Gasteiger partial charge in [-0.3, -0.25) is 0 Å². The molecule has 0 saturated heterocycles. The van der Waals surface area contributed by atoms with Gasteiger partial charge in [-0.2, -0.15) is 0 Å². The minimum Gasteiger partial charge on any atom is -0.482 e. The van der Waals surface area contributed by atoms with Crippen LogP contribution >= 0.6 is 0 Å². The van der Waals surface area contributed by atoms with Gasteiger partial charge in [0.05, 0.1) is 0 Å². The van der Waals surface area contributed by atoms with Crippen LogP contribution in [-0.2, 0) is 22.6 Å². The van der Waals surface area contributed by atoms with Gasteiger partial charge in [-0.15, -0.1) is 0 Å². The largest absolute Gasteiger partial charge is 0.482 e. The van der Waals surface area contributed by atoms with Crippen LogP contribution in [0.2, 0.25) is 0 Å². The van der Waals surface area contributed by atoms with Crippen LogP contribution in [0.5, 0.6) is 5.75 Å². The van der Waals surface area contributed by atoms with Crippen LogP contribution in [0.15, 0.2) is 57.7 Å². The summed E-state index contributed by atoms with van der Waals surface area (Å²) in [4.78, 5) is 23.7. The molecule has 0 radical (unpaired) electrons. The van der Waals surface area contributed by atoms with Gasteiger partial charge in [0.1, 0.15) is 17.9 Å². The molecule has 5 heteroatoms. The predicted molar refractivity (Wildman–Crippen MR) is 98.3 cm³/mol. The quantitative estimate of drug-likeness (QED) is 0.499. The summed E-state index contributed by atoms with van der Waals surface area (Å²) in [6.07, 6.45) is 0.842. The Labute approximate surface area is 151 Å². The molecule has 0 amide bonds. The highest BCUT2D eigenvalue weighted by atomic mass is 16.6. The van der Waals surface area contributed by atoms with Gasteiger partial charge in [-0.25, -0.2) is 9.59 Å². The van der Waals surface area contributed by atoms with E-state index in [4.69, 9.17) is 13.9 Å². The Balaban J connectivity index is 1.68. The molecule has 0 fully saturated rings. The van der Waals surface area contributed by atoms with E-state index in [0.29, 0.717) is 16.9 Å². The second-order valence-corrected chi connectivity index (χ2v) is 5.99. The number of rotatable bonds is 6. The molecule has 0 aliphatic carbocycles. The summed E-state index contributed by atoms with van der Waals surface area (Å²) in [5.74, 6) is 0.141. The Morgan fingerprint density at radius 1 is 1.12 bits per heavy atom. The summed E-state index contributed by atoms with van der Waals surface area (Å²) in [6.45, 7) is 3.73. The van der Waals surface area contributed by atoms with E-state index in [1.54, 1.807) is 6.07 Å². The predicted octanol–water partition coefficient (Wildman–Crippen LogP) is 3.79. The molecule has 26 heavy (non-hydrogen) atoms. The average Bonchev–Trinajstić information content (AvgIpc) is 2.64. The van der Waals surface area contributed by atoms with Crippen molar-refractivity contribution >= 4 is 16.9 Å². The second kappa shape index (κ2) is 7.87. The van der Waals surface area contributed by atoms with Crippen LogP contribution < -0.4 is 10.4 Å². The first-order valence-corrected chi connectivity index (χ1v) is 8.46. The van der Waals surface area contributed by atoms with Gasteiger partial charge in [-0.1, -0.05) is 37.3 Å². The number of hydrogen-bond acceptors (Lipinski definition) is 5. The number of fused-ring (bicyclic) bond motifs is 1. The number of carbonyl (C=O) groups excluding carboxylic acids is 1. The lowest BCUT2D eigenvalue weighted by Gasteiger charge is -2.10. The van der Waals surface area contributed by atoms with Crippen molar-refractivity contribution in [2.24, 2.45) is 0 Å². The highest BCUT2D eigenvalue weighted by Gasteiger charge is 2.10. The van der Waals surface area contributed by atoms with Gasteiger partial charge < -0.3 is 13.9 Å². The third-order valence-corrected chi connectivity index (χ3v) is 4.13. The topological polar surface area (TPSA) is 65.7 Å². The summed E-state index contributed by atoms with van der Waals surface area (Å²) in [5.41, 5.74) is 2.66. The SMILES string of the molecule is CCc1ccc2c(COC(=O)COc3ccccc3C)cc(=O)oc2c1. The van der Waals surface area contributed by atoms with Crippen LogP contribution in [0.4, 0.5) is 0 Å². The summed E-state index contributed by atoms with van der Waals surface area (Å²) in [5, 5.41) is 0.759. The normalized spacial score (nSPS) is 10.7. The first kappa shape index (κ1) is 17.7. The minimum absolute atomic E-state index is 0.0104. The molecule has 1 heterocycles. The van der Waals surface area contributed by atoms with Gasteiger partial charge in [-0.05, 0) is 36.6 Å². The van der Waals surface area contributed by atoms with E-state index in [-0.39, 0.29) is 13.2 Å². The first-order valence-electron chi connectivity index (χ1n) is 8.46. The van der Waals surface area contributed by atoms with E-state index < -0.39 is 11.6 Å². The van der Waals surface area contributed by atoms with Gasteiger partial charge in [0.25, 0.3) is 0 Å². The van der Waals surface area contributed by atoms with E-state index in [2.05, 4.69) is 0 Å². The molecule has 0 saturated carbocycles.